The van der Waals surface area contributed by atoms with Crippen LogP contribution in [0.25, 0.3) is 0 Å². The second kappa shape index (κ2) is 6.02. The molecule has 1 rings (SSSR count). The molecule has 0 aliphatic carbocycles. The number of alkyl halides is 1. The summed E-state index contributed by atoms with van der Waals surface area (Å²) in [7, 11) is 0. The van der Waals surface area contributed by atoms with Crippen LogP contribution in [0.5, 0.6) is 0 Å². The van der Waals surface area contributed by atoms with Crippen LogP contribution in [-0.4, -0.2) is 23.6 Å². The highest BCUT2D eigenvalue weighted by molar-refractivity contribution is 6.44. The quantitative estimate of drug-likeness (QED) is 0.655. The van der Waals surface area contributed by atoms with Gasteiger partial charge in [-0.2, -0.15) is 0 Å². The molecule has 0 aromatic heterocycles. The zero-order valence-corrected chi connectivity index (χ0v) is 10.6. The van der Waals surface area contributed by atoms with Crippen molar-refractivity contribution in [2.24, 2.45) is 0 Å². The Labute approximate surface area is 108 Å². The number of benzene rings is 1. The maximum atomic E-state index is 9.24. The molecule has 15 heavy (non-hydrogen) atoms. The first-order chi connectivity index (χ1) is 7.04. The van der Waals surface area contributed by atoms with Crippen LogP contribution >= 0.6 is 46.4 Å². The minimum Gasteiger partial charge on any atom is -0.390 e. The van der Waals surface area contributed by atoms with E-state index in [1.54, 1.807) is 12.1 Å². The van der Waals surface area contributed by atoms with E-state index in [0.717, 1.165) is 0 Å². The molecule has 0 heterocycles. The van der Waals surface area contributed by atoms with Crippen LogP contribution < -0.4 is 5.32 Å². The maximum absolute atomic E-state index is 9.24. The molecule has 1 aromatic rings. The first-order valence-corrected chi connectivity index (χ1v) is 5.84. The van der Waals surface area contributed by atoms with Crippen LogP contribution in [-0.2, 0) is 0 Å². The molecule has 1 atom stereocenters. The lowest BCUT2D eigenvalue weighted by molar-refractivity contribution is 0.211. The Balaban J connectivity index is 2.73. The normalized spacial score (nSPS) is 12.6. The van der Waals surface area contributed by atoms with Gasteiger partial charge < -0.3 is 10.4 Å². The van der Waals surface area contributed by atoms with Gasteiger partial charge in [-0.25, -0.2) is 0 Å². The summed E-state index contributed by atoms with van der Waals surface area (Å²) < 4.78 is 0. The Morgan fingerprint density at radius 2 is 1.73 bits per heavy atom. The first kappa shape index (κ1) is 13.2. The SMILES string of the molecule is OC(CCl)CNc1cc(Cl)c(Cl)cc1Cl. The van der Waals surface area contributed by atoms with Gasteiger partial charge in [0.25, 0.3) is 0 Å². The van der Waals surface area contributed by atoms with E-state index < -0.39 is 6.10 Å². The molecule has 0 radical (unpaired) electrons. The highest BCUT2D eigenvalue weighted by atomic mass is 35.5. The third-order valence-corrected chi connectivity index (χ3v) is 3.11. The smallest absolute Gasteiger partial charge is 0.0847 e. The van der Waals surface area contributed by atoms with E-state index in [9.17, 15) is 5.11 Å². The molecule has 6 heteroatoms. The van der Waals surface area contributed by atoms with Crippen molar-refractivity contribution in [1.29, 1.82) is 0 Å². The van der Waals surface area contributed by atoms with Crippen molar-refractivity contribution in [1.82, 2.24) is 0 Å². The molecule has 0 aliphatic rings. The Morgan fingerprint density at radius 3 is 2.33 bits per heavy atom. The summed E-state index contributed by atoms with van der Waals surface area (Å²) in [5.74, 6) is 0.159. The summed E-state index contributed by atoms with van der Waals surface area (Å²) in [5.41, 5.74) is 0.621. The fourth-order valence-corrected chi connectivity index (χ4v) is 1.66. The predicted octanol–water partition coefficient (Wildman–Crippen LogP) is 3.66. The summed E-state index contributed by atoms with van der Waals surface area (Å²) in [6.07, 6.45) is -0.628. The van der Waals surface area contributed by atoms with Crippen LogP contribution in [0.15, 0.2) is 12.1 Å². The second-order valence-electron chi connectivity index (χ2n) is 2.94. The van der Waals surface area contributed by atoms with Gasteiger partial charge in [-0.15, -0.1) is 11.6 Å². The molecule has 0 saturated heterocycles. The van der Waals surface area contributed by atoms with E-state index in [1.807, 2.05) is 0 Å². The number of rotatable bonds is 4. The molecule has 0 amide bonds. The molecule has 0 saturated carbocycles. The molecule has 0 bridgehead atoms. The molecular weight excluding hydrogens is 280 g/mol. The van der Waals surface area contributed by atoms with E-state index >= 15 is 0 Å². The average Bonchev–Trinajstić information content (AvgIpc) is 2.21. The summed E-state index contributed by atoms with van der Waals surface area (Å²) in [6.45, 7) is 0.307. The number of aliphatic hydroxyl groups is 1. The lowest BCUT2D eigenvalue weighted by Crippen LogP contribution is -2.20. The van der Waals surface area contributed by atoms with Crippen LogP contribution in [0.1, 0.15) is 0 Å². The van der Waals surface area contributed by atoms with Crippen molar-refractivity contribution >= 4 is 52.1 Å². The van der Waals surface area contributed by atoms with Crippen LogP contribution in [0.3, 0.4) is 0 Å². The van der Waals surface area contributed by atoms with Crippen molar-refractivity contribution in [3.05, 3.63) is 27.2 Å². The van der Waals surface area contributed by atoms with Gasteiger partial charge >= 0.3 is 0 Å². The number of nitrogens with one attached hydrogen (secondary N) is 1. The summed E-state index contributed by atoms with van der Waals surface area (Å²) in [6, 6.07) is 3.15. The second-order valence-corrected chi connectivity index (χ2v) is 4.47. The van der Waals surface area contributed by atoms with Gasteiger partial charge in [0.1, 0.15) is 0 Å². The Bertz CT molecular complexity index is 345. The molecular formula is C9H9Cl4NO. The fourth-order valence-electron chi connectivity index (χ4n) is 0.940. The Hall–Kier alpha value is 0.140. The number of hydrogen-bond donors (Lipinski definition) is 2. The minimum atomic E-state index is -0.628. The van der Waals surface area contributed by atoms with E-state index in [2.05, 4.69) is 5.32 Å². The van der Waals surface area contributed by atoms with E-state index in [4.69, 9.17) is 46.4 Å². The number of halogens is 4. The zero-order chi connectivity index (χ0) is 11.4. The third kappa shape index (κ3) is 3.89. The third-order valence-electron chi connectivity index (χ3n) is 1.72. The molecule has 2 nitrogen and oxygen atoms in total. The number of aliphatic hydroxyl groups excluding tert-OH is 1. The van der Waals surface area contributed by atoms with Crippen molar-refractivity contribution in [2.45, 2.75) is 6.10 Å². The van der Waals surface area contributed by atoms with Crippen molar-refractivity contribution < 1.29 is 5.11 Å². The summed E-state index contributed by atoms with van der Waals surface area (Å²) in [4.78, 5) is 0. The average molecular weight is 289 g/mol. The molecule has 1 aromatic carbocycles. The van der Waals surface area contributed by atoms with Gasteiger partial charge in [0, 0.05) is 6.54 Å². The van der Waals surface area contributed by atoms with Crippen LogP contribution in [0.2, 0.25) is 15.1 Å². The van der Waals surface area contributed by atoms with Gasteiger partial charge in [0.05, 0.1) is 32.7 Å². The molecule has 0 aliphatic heterocycles. The first-order valence-electron chi connectivity index (χ1n) is 4.17. The van der Waals surface area contributed by atoms with E-state index in [1.165, 1.54) is 0 Å². The molecule has 0 spiro atoms. The summed E-state index contributed by atoms with van der Waals surface area (Å²) in [5, 5.41) is 13.4. The van der Waals surface area contributed by atoms with Crippen LogP contribution in [0, 0.1) is 0 Å². The van der Waals surface area contributed by atoms with Gasteiger partial charge in [0.15, 0.2) is 0 Å². The molecule has 84 valence electrons. The predicted molar refractivity (Wildman–Crippen MR) is 66.7 cm³/mol. The van der Waals surface area contributed by atoms with Crippen molar-refractivity contribution in [2.75, 3.05) is 17.7 Å². The monoisotopic (exact) mass is 287 g/mol. The maximum Gasteiger partial charge on any atom is 0.0847 e. The van der Waals surface area contributed by atoms with E-state index in [-0.39, 0.29) is 5.88 Å². The van der Waals surface area contributed by atoms with Gasteiger partial charge in [-0.05, 0) is 12.1 Å². The molecule has 0 fully saturated rings. The molecule has 1 unspecified atom stereocenters. The summed E-state index contributed by atoms with van der Waals surface area (Å²) >= 11 is 22.9. The minimum absolute atomic E-state index is 0.159. The largest absolute Gasteiger partial charge is 0.390 e. The van der Waals surface area contributed by atoms with Crippen molar-refractivity contribution in [3.8, 4) is 0 Å². The van der Waals surface area contributed by atoms with Gasteiger partial charge in [-0.3, -0.25) is 0 Å². The standard InChI is InChI=1S/C9H9Cl4NO/c10-3-5(15)4-14-9-2-7(12)6(11)1-8(9)13/h1-2,5,14-15H,3-4H2. The zero-order valence-electron chi connectivity index (χ0n) is 7.61. The lowest BCUT2D eigenvalue weighted by Gasteiger charge is -2.12. The Kier molecular flexibility index (Phi) is 5.30. The fraction of sp³-hybridized carbons (Fsp3) is 0.333. The number of hydrogen-bond acceptors (Lipinski definition) is 2. The lowest BCUT2D eigenvalue weighted by atomic mass is 10.3. The topological polar surface area (TPSA) is 32.3 Å². The Morgan fingerprint density at radius 1 is 1.13 bits per heavy atom. The van der Waals surface area contributed by atoms with Crippen LogP contribution in [0.4, 0.5) is 5.69 Å². The number of anilines is 1. The molecule has 2 N–H and O–H groups in total. The highest BCUT2D eigenvalue weighted by Gasteiger charge is 2.07. The van der Waals surface area contributed by atoms with E-state index in [0.29, 0.717) is 27.3 Å². The van der Waals surface area contributed by atoms with Crippen molar-refractivity contribution in [3.63, 3.8) is 0 Å². The van der Waals surface area contributed by atoms with Gasteiger partial charge in [-0.1, -0.05) is 34.8 Å². The van der Waals surface area contributed by atoms with Gasteiger partial charge in [0.2, 0.25) is 0 Å². The highest BCUT2D eigenvalue weighted by Crippen LogP contribution is 2.32.